The molecule has 0 aliphatic carbocycles. The Hall–Kier alpha value is -1.89. The van der Waals surface area contributed by atoms with E-state index in [1.807, 2.05) is 0 Å². The Morgan fingerprint density at radius 1 is 1.33 bits per heavy atom. The molecule has 0 saturated carbocycles. The Kier molecular flexibility index (Phi) is 4.04. The van der Waals surface area contributed by atoms with Crippen LogP contribution in [0.25, 0.3) is 0 Å². The molecule has 1 aliphatic rings. The number of carboxylic acid groups (broad SMARTS) is 1. The molecule has 1 amide bonds. The minimum atomic E-state index is -3.43. The summed E-state index contributed by atoms with van der Waals surface area (Å²) in [6, 6.07) is 3.59. The summed E-state index contributed by atoms with van der Waals surface area (Å²) in [5.74, 6) is -1.47. The minimum Gasteiger partial charge on any atom is -0.480 e. The number of likely N-dealkylation sites (tertiary alicyclic amines) is 1. The first-order valence-electron chi connectivity index (χ1n) is 6.56. The molecule has 114 valence electrons. The van der Waals surface area contributed by atoms with Crippen molar-refractivity contribution in [3.05, 3.63) is 29.3 Å². The summed E-state index contributed by atoms with van der Waals surface area (Å²) in [7, 11) is -3.43. The molecular formula is C14H17NO5S. The molecule has 0 spiro atoms. The Morgan fingerprint density at radius 2 is 2.00 bits per heavy atom. The fourth-order valence-corrected chi connectivity index (χ4v) is 3.56. The summed E-state index contributed by atoms with van der Waals surface area (Å²) in [6.07, 6.45) is 2.14. The molecule has 0 radical (unpaired) electrons. The van der Waals surface area contributed by atoms with E-state index in [-0.39, 0.29) is 10.5 Å². The van der Waals surface area contributed by atoms with Crippen molar-refractivity contribution in [2.75, 3.05) is 12.8 Å². The number of carboxylic acids is 1. The fraction of sp³-hybridized carbons (Fsp3) is 0.429. The molecule has 6 nitrogen and oxygen atoms in total. The van der Waals surface area contributed by atoms with Gasteiger partial charge in [0.25, 0.3) is 5.91 Å². The highest BCUT2D eigenvalue weighted by Gasteiger charge is 2.34. The van der Waals surface area contributed by atoms with Crippen LogP contribution in [0, 0.1) is 6.92 Å². The molecule has 0 bridgehead atoms. The van der Waals surface area contributed by atoms with E-state index in [4.69, 9.17) is 5.11 Å². The lowest BCUT2D eigenvalue weighted by Crippen LogP contribution is -2.40. The average Bonchev–Trinajstić information content (AvgIpc) is 2.86. The van der Waals surface area contributed by atoms with Gasteiger partial charge in [-0.2, -0.15) is 0 Å². The van der Waals surface area contributed by atoms with Gasteiger partial charge in [0, 0.05) is 18.4 Å². The number of aliphatic carboxylic acids is 1. The Labute approximate surface area is 123 Å². The third kappa shape index (κ3) is 3.07. The van der Waals surface area contributed by atoms with Crippen LogP contribution in [0.2, 0.25) is 0 Å². The van der Waals surface area contributed by atoms with E-state index in [1.165, 1.54) is 17.0 Å². The first kappa shape index (κ1) is 15.5. The van der Waals surface area contributed by atoms with E-state index in [0.717, 1.165) is 6.26 Å². The SMILES string of the molecule is Cc1ccc(C(=O)N2CCCC2C(=O)O)cc1S(C)(=O)=O. The molecule has 1 unspecified atom stereocenters. The molecule has 2 rings (SSSR count). The van der Waals surface area contributed by atoms with E-state index in [2.05, 4.69) is 0 Å². The highest BCUT2D eigenvalue weighted by Crippen LogP contribution is 2.23. The number of aryl methyl sites for hydroxylation is 1. The normalized spacial score (nSPS) is 18.8. The van der Waals surface area contributed by atoms with Crippen LogP contribution in [0.5, 0.6) is 0 Å². The second-order valence-electron chi connectivity index (χ2n) is 5.25. The third-order valence-corrected chi connectivity index (χ3v) is 4.87. The standard InChI is InChI=1S/C14H17NO5S/c1-9-5-6-10(8-12(9)21(2,19)20)13(16)15-7-3-4-11(15)14(17)18/h5-6,8,11H,3-4,7H2,1-2H3,(H,17,18). The van der Waals surface area contributed by atoms with Gasteiger partial charge in [0.15, 0.2) is 9.84 Å². The minimum absolute atomic E-state index is 0.0967. The zero-order valence-electron chi connectivity index (χ0n) is 11.9. The Bertz CT molecular complexity index is 695. The van der Waals surface area contributed by atoms with Gasteiger partial charge in [-0.25, -0.2) is 13.2 Å². The topological polar surface area (TPSA) is 91.8 Å². The van der Waals surface area contributed by atoms with Crippen molar-refractivity contribution in [3.8, 4) is 0 Å². The Morgan fingerprint density at radius 3 is 2.57 bits per heavy atom. The summed E-state index contributed by atoms with van der Waals surface area (Å²) < 4.78 is 23.4. The van der Waals surface area contributed by atoms with E-state index in [1.54, 1.807) is 13.0 Å². The highest BCUT2D eigenvalue weighted by molar-refractivity contribution is 7.90. The lowest BCUT2D eigenvalue weighted by molar-refractivity contribution is -0.141. The third-order valence-electron chi connectivity index (χ3n) is 3.63. The van der Waals surface area contributed by atoms with E-state index in [9.17, 15) is 18.0 Å². The first-order chi connectivity index (χ1) is 9.71. The number of rotatable bonds is 3. The van der Waals surface area contributed by atoms with E-state index < -0.39 is 27.8 Å². The van der Waals surface area contributed by atoms with Gasteiger partial charge in [0.1, 0.15) is 6.04 Å². The maximum Gasteiger partial charge on any atom is 0.326 e. The van der Waals surface area contributed by atoms with Crippen molar-refractivity contribution in [2.24, 2.45) is 0 Å². The lowest BCUT2D eigenvalue weighted by atomic mass is 10.1. The van der Waals surface area contributed by atoms with Gasteiger partial charge in [0.05, 0.1) is 4.90 Å². The quantitative estimate of drug-likeness (QED) is 0.902. The van der Waals surface area contributed by atoms with Gasteiger partial charge in [-0.3, -0.25) is 4.79 Å². The molecule has 0 aromatic heterocycles. The number of amides is 1. The number of sulfone groups is 1. The maximum atomic E-state index is 12.4. The molecule has 1 atom stereocenters. The maximum absolute atomic E-state index is 12.4. The largest absolute Gasteiger partial charge is 0.480 e. The molecule has 1 saturated heterocycles. The summed E-state index contributed by atoms with van der Waals surface area (Å²) in [6.45, 7) is 2.03. The number of carbonyl (C=O) groups excluding carboxylic acids is 1. The monoisotopic (exact) mass is 311 g/mol. The van der Waals surface area contributed by atoms with Crippen LogP contribution >= 0.6 is 0 Å². The van der Waals surface area contributed by atoms with Crippen molar-refractivity contribution < 1.29 is 23.1 Å². The second kappa shape index (κ2) is 5.48. The van der Waals surface area contributed by atoms with Gasteiger partial charge in [-0.1, -0.05) is 6.07 Å². The van der Waals surface area contributed by atoms with Gasteiger partial charge in [-0.05, 0) is 37.5 Å². The van der Waals surface area contributed by atoms with Crippen LogP contribution in [-0.4, -0.2) is 49.1 Å². The molecule has 7 heteroatoms. The zero-order valence-corrected chi connectivity index (χ0v) is 12.7. The second-order valence-corrected chi connectivity index (χ2v) is 7.23. The van der Waals surface area contributed by atoms with Crippen molar-refractivity contribution >= 4 is 21.7 Å². The van der Waals surface area contributed by atoms with Crippen LogP contribution in [0.15, 0.2) is 23.1 Å². The molecule has 1 aliphatic heterocycles. The van der Waals surface area contributed by atoms with E-state index >= 15 is 0 Å². The van der Waals surface area contributed by atoms with Crippen molar-refractivity contribution in [1.29, 1.82) is 0 Å². The molecule has 21 heavy (non-hydrogen) atoms. The van der Waals surface area contributed by atoms with Crippen LogP contribution in [0.3, 0.4) is 0 Å². The van der Waals surface area contributed by atoms with Crippen LogP contribution in [-0.2, 0) is 14.6 Å². The summed E-state index contributed by atoms with van der Waals surface area (Å²) in [4.78, 5) is 24.9. The van der Waals surface area contributed by atoms with Crippen molar-refractivity contribution in [1.82, 2.24) is 4.90 Å². The van der Waals surface area contributed by atoms with Gasteiger partial charge >= 0.3 is 5.97 Å². The van der Waals surface area contributed by atoms with Gasteiger partial charge < -0.3 is 10.0 Å². The van der Waals surface area contributed by atoms with Crippen LogP contribution < -0.4 is 0 Å². The highest BCUT2D eigenvalue weighted by atomic mass is 32.2. The average molecular weight is 311 g/mol. The number of nitrogens with zero attached hydrogens (tertiary/aromatic N) is 1. The molecule has 1 aromatic rings. The predicted molar refractivity (Wildman–Crippen MR) is 76.0 cm³/mol. The van der Waals surface area contributed by atoms with Gasteiger partial charge in [-0.15, -0.1) is 0 Å². The molecule has 1 heterocycles. The molecule has 1 N–H and O–H groups in total. The molecule has 1 fully saturated rings. The van der Waals surface area contributed by atoms with E-state index in [0.29, 0.717) is 24.9 Å². The molecule has 1 aromatic carbocycles. The smallest absolute Gasteiger partial charge is 0.326 e. The Balaban J connectivity index is 2.39. The summed E-state index contributed by atoms with van der Waals surface area (Å²) >= 11 is 0. The summed E-state index contributed by atoms with van der Waals surface area (Å²) in [5.41, 5.74) is 0.763. The zero-order chi connectivity index (χ0) is 15.8. The van der Waals surface area contributed by atoms with Gasteiger partial charge in [0.2, 0.25) is 0 Å². The van der Waals surface area contributed by atoms with Crippen molar-refractivity contribution in [3.63, 3.8) is 0 Å². The number of benzene rings is 1. The van der Waals surface area contributed by atoms with Crippen LogP contribution in [0.4, 0.5) is 0 Å². The number of hydrogen-bond acceptors (Lipinski definition) is 4. The lowest BCUT2D eigenvalue weighted by Gasteiger charge is -2.21. The fourth-order valence-electron chi connectivity index (χ4n) is 2.56. The van der Waals surface area contributed by atoms with Crippen molar-refractivity contribution in [2.45, 2.75) is 30.7 Å². The van der Waals surface area contributed by atoms with Crippen LogP contribution in [0.1, 0.15) is 28.8 Å². The number of carbonyl (C=O) groups is 2. The molecular weight excluding hydrogens is 294 g/mol. The number of hydrogen-bond donors (Lipinski definition) is 1. The first-order valence-corrected chi connectivity index (χ1v) is 8.45. The predicted octanol–water partition coefficient (Wildman–Crippen LogP) is 1.09. The summed E-state index contributed by atoms with van der Waals surface area (Å²) in [5, 5.41) is 9.12.